The van der Waals surface area contributed by atoms with E-state index in [-0.39, 0.29) is 6.61 Å². The summed E-state index contributed by atoms with van der Waals surface area (Å²) in [5.41, 5.74) is -1.00. The molecule has 1 aliphatic rings. The average Bonchev–Trinajstić information content (AvgIpc) is 2.96. The van der Waals surface area contributed by atoms with Gasteiger partial charge in [-0.3, -0.25) is 10.2 Å². The number of aliphatic hydroxyl groups is 1. The topological polar surface area (TPSA) is 88.1 Å². The maximum Gasteiger partial charge on any atom is 0.412 e. The number of amides is 2. The second-order valence-corrected chi connectivity index (χ2v) is 7.11. The van der Waals surface area contributed by atoms with E-state index in [1.165, 1.54) is 4.90 Å². The lowest BCUT2D eigenvalue weighted by Crippen LogP contribution is -2.62. The van der Waals surface area contributed by atoms with Crippen molar-refractivity contribution in [2.45, 2.75) is 51.5 Å². The molecule has 0 spiro atoms. The highest BCUT2D eigenvalue weighted by Crippen LogP contribution is 2.28. The van der Waals surface area contributed by atoms with Crippen LogP contribution in [0.1, 0.15) is 39.2 Å². The van der Waals surface area contributed by atoms with Crippen molar-refractivity contribution in [3.63, 3.8) is 0 Å². The van der Waals surface area contributed by atoms with Gasteiger partial charge in [-0.2, -0.15) is 0 Å². The van der Waals surface area contributed by atoms with Crippen LogP contribution in [0.5, 0.6) is 0 Å². The second kappa shape index (κ2) is 7.74. The van der Waals surface area contributed by atoms with Crippen LogP contribution >= 0.6 is 0 Å². The number of alkyl carbamates (subject to hydrolysis) is 1. The maximum absolute atomic E-state index is 12.4. The molecule has 0 bridgehead atoms. The van der Waals surface area contributed by atoms with Crippen molar-refractivity contribution in [3.8, 4) is 0 Å². The number of hydrogen-bond donors (Lipinski definition) is 2. The smallest absolute Gasteiger partial charge is 0.412 e. The molecular weight excluding hydrogens is 324 g/mol. The largest absolute Gasteiger partial charge is 0.445 e. The molecule has 7 nitrogen and oxygen atoms in total. The van der Waals surface area contributed by atoms with Crippen molar-refractivity contribution in [1.82, 2.24) is 10.2 Å². The Morgan fingerprint density at radius 2 is 1.96 bits per heavy atom. The van der Waals surface area contributed by atoms with E-state index < -0.39 is 30.1 Å². The molecule has 1 saturated heterocycles. The predicted molar refractivity (Wildman–Crippen MR) is 91.8 cm³/mol. The fourth-order valence-corrected chi connectivity index (χ4v) is 2.74. The molecule has 0 aliphatic carbocycles. The van der Waals surface area contributed by atoms with Gasteiger partial charge < -0.3 is 14.6 Å². The monoisotopic (exact) mass is 350 g/mol. The minimum atomic E-state index is -1.20. The van der Waals surface area contributed by atoms with Gasteiger partial charge in [0.25, 0.3) is 0 Å². The predicted octanol–water partition coefficient (Wildman–Crippen LogP) is 2.63. The second-order valence-electron chi connectivity index (χ2n) is 7.11. The zero-order valence-corrected chi connectivity index (χ0v) is 14.9. The summed E-state index contributed by atoms with van der Waals surface area (Å²) in [4.78, 5) is 25.9. The molecule has 138 valence electrons. The van der Waals surface area contributed by atoms with Gasteiger partial charge in [0, 0.05) is 6.54 Å². The molecule has 1 aliphatic heterocycles. The minimum Gasteiger partial charge on any atom is -0.445 e. The van der Waals surface area contributed by atoms with Crippen molar-refractivity contribution < 1.29 is 24.2 Å². The van der Waals surface area contributed by atoms with Crippen LogP contribution < -0.4 is 5.32 Å². The fourth-order valence-electron chi connectivity index (χ4n) is 2.74. The van der Waals surface area contributed by atoms with E-state index in [1.807, 2.05) is 30.3 Å². The molecule has 0 radical (unpaired) electrons. The highest BCUT2D eigenvalue weighted by atomic mass is 16.6. The molecular formula is C18H26N2O5. The van der Waals surface area contributed by atoms with E-state index in [4.69, 9.17) is 9.47 Å². The fraction of sp³-hybridized carbons (Fsp3) is 0.556. The first-order valence-corrected chi connectivity index (χ1v) is 8.36. The van der Waals surface area contributed by atoms with Crippen LogP contribution in [-0.4, -0.2) is 46.6 Å². The van der Waals surface area contributed by atoms with Gasteiger partial charge in [0.05, 0.1) is 6.61 Å². The molecule has 1 fully saturated rings. The standard InChI is InChI=1S/C18H26N2O5/c1-17(2,3)25-16(23)20-11-7-10-18(20,13-21)19-15(22)24-12-14-8-5-4-6-9-14/h4-6,8-9,21H,7,10-13H2,1-3H3,(H,19,22). The van der Waals surface area contributed by atoms with E-state index in [1.54, 1.807) is 20.8 Å². The summed E-state index contributed by atoms with van der Waals surface area (Å²) >= 11 is 0. The summed E-state index contributed by atoms with van der Waals surface area (Å²) < 4.78 is 10.6. The first-order chi connectivity index (χ1) is 11.8. The van der Waals surface area contributed by atoms with Gasteiger partial charge >= 0.3 is 12.2 Å². The zero-order valence-electron chi connectivity index (χ0n) is 14.9. The van der Waals surface area contributed by atoms with Crippen molar-refractivity contribution >= 4 is 12.2 Å². The van der Waals surface area contributed by atoms with Gasteiger partial charge in [-0.15, -0.1) is 0 Å². The number of aliphatic hydroxyl groups excluding tert-OH is 1. The number of nitrogens with one attached hydrogen (secondary N) is 1. The Labute approximate surface area is 147 Å². The Morgan fingerprint density at radius 1 is 1.28 bits per heavy atom. The Bertz CT molecular complexity index is 599. The summed E-state index contributed by atoms with van der Waals surface area (Å²) in [5.74, 6) is 0. The first-order valence-electron chi connectivity index (χ1n) is 8.36. The van der Waals surface area contributed by atoms with E-state index in [0.29, 0.717) is 19.4 Å². The van der Waals surface area contributed by atoms with Gasteiger partial charge in [0.2, 0.25) is 0 Å². The quantitative estimate of drug-likeness (QED) is 0.871. The van der Waals surface area contributed by atoms with E-state index in [2.05, 4.69) is 5.32 Å². The molecule has 1 atom stereocenters. The van der Waals surface area contributed by atoms with Crippen molar-refractivity contribution in [2.24, 2.45) is 0 Å². The third-order valence-corrected chi connectivity index (χ3v) is 3.91. The van der Waals surface area contributed by atoms with Gasteiger partial charge in [-0.1, -0.05) is 30.3 Å². The SMILES string of the molecule is CC(C)(C)OC(=O)N1CCCC1(CO)NC(=O)OCc1ccccc1. The molecule has 1 unspecified atom stereocenters. The van der Waals surface area contributed by atoms with Gasteiger partial charge in [0.15, 0.2) is 0 Å². The molecule has 0 aromatic heterocycles. The van der Waals surface area contributed by atoms with Crippen LogP contribution in [0.15, 0.2) is 30.3 Å². The number of nitrogens with zero attached hydrogens (tertiary/aromatic N) is 1. The Balaban J connectivity index is 2.00. The van der Waals surface area contributed by atoms with Gasteiger partial charge in [-0.05, 0) is 39.2 Å². The summed E-state index contributed by atoms with van der Waals surface area (Å²) in [6, 6.07) is 9.27. The summed E-state index contributed by atoms with van der Waals surface area (Å²) in [7, 11) is 0. The lowest BCUT2D eigenvalue weighted by molar-refractivity contribution is -0.0146. The van der Waals surface area contributed by atoms with Crippen LogP contribution in [0.3, 0.4) is 0 Å². The Morgan fingerprint density at radius 3 is 2.56 bits per heavy atom. The van der Waals surface area contributed by atoms with Crippen LogP contribution in [-0.2, 0) is 16.1 Å². The van der Waals surface area contributed by atoms with E-state index >= 15 is 0 Å². The van der Waals surface area contributed by atoms with Gasteiger partial charge in [-0.25, -0.2) is 9.59 Å². The van der Waals surface area contributed by atoms with Crippen LogP contribution in [0, 0.1) is 0 Å². The number of rotatable bonds is 4. The van der Waals surface area contributed by atoms with Crippen molar-refractivity contribution in [2.75, 3.05) is 13.2 Å². The number of hydrogen-bond acceptors (Lipinski definition) is 5. The number of carbonyl (C=O) groups is 2. The molecule has 2 N–H and O–H groups in total. The highest BCUT2D eigenvalue weighted by Gasteiger charge is 2.46. The lowest BCUT2D eigenvalue weighted by atomic mass is 10.1. The van der Waals surface area contributed by atoms with Crippen LogP contribution in [0.4, 0.5) is 9.59 Å². The maximum atomic E-state index is 12.4. The van der Waals surface area contributed by atoms with E-state index in [9.17, 15) is 14.7 Å². The number of benzene rings is 1. The van der Waals surface area contributed by atoms with Gasteiger partial charge in [0.1, 0.15) is 17.9 Å². The highest BCUT2D eigenvalue weighted by molar-refractivity contribution is 5.73. The molecule has 1 aromatic carbocycles. The number of ether oxygens (including phenoxy) is 2. The van der Waals surface area contributed by atoms with Crippen molar-refractivity contribution in [3.05, 3.63) is 35.9 Å². The Hall–Kier alpha value is -2.28. The lowest BCUT2D eigenvalue weighted by Gasteiger charge is -2.37. The van der Waals surface area contributed by atoms with Crippen LogP contribution in [0.2, 0.25) is 0 Å². The molecule has 1 heterocycles. The summed E-state index contributed by atoms with van der Waals surface area (Å²) in [6.45, 7) is 5.40. The summed E-state index contributed by atoms with van der Waals surface area (Å²) in [6.07, 6.45) is -0.169. The molecule has 2 amide bonds. The molecule has 7 heteroatoms. The summed E-state index contributed by atoms with van der Waals surface area (Å²) in [5, 5.41) is 12.5. The average molecular weight is 350 g/mol. The minimum absolute atomic E-state index is 0.112. The zero-order chi connectivity index (χ0) is 18.5. The molecule has 0 saturated carbocycles. The Kier molecular flexibility index (Phi) is 5.89. The van der Waals surface area contributed by atoms with E-state index in [0.717, 1.165) is 5.56 Å². The third-order valence-electron chi connectivity index (χ3n) is 3.91. The molecule has 1 aromatic rings. The normalized spacial score (nSPS) is 20.2. The number of carbonyl (C=O) groups excluding carboxylic acids is 2. The van der Waals surface area contributed by atoms with Crippen molar-refractivity contribution in [1.29, 1.82) is 0 Å². The van der Waals surface area contributed by atoms with Crippen LogP contribution in [0.25, 0.3) is 0 Å². The first kappa shape index (κ1) is 19.1. The molecule has 2 rings (SSSR count). The third kappa shape index (κ3) is 5.09. The number of likely N-dealkylation sites (tertiary alicyclic amines) is 1. The molecule has 25 heavy (non-hydrogen) atoms.